The first-order valence-electron chi connectivity index (χ1n) is 13.4. The SMILES string of the molecule is CCCC1CCC(c2cc(F)c(CCC(F)(F)Oc3ccc(-c4ccc(C(F)(F)F)c(F)c4)cc3)c(F)c2)CC1. The van der Waals surface area contributed by atoms with Gasteiger partial charge in [0.25, 0.3) is 0 Å². The summed E-state index contributed by atoms with van der Waals surface area (Å²) in [6.45, 7) is 2.13. The molecule has 3 aromatic rings. The highest BCUT2D eigenvalue weighted by atomic mass is 19.4. The smallest absolute Gasteiger partial charge is 0.419 e. The Balaban J connectivity index is 1.37. The molecule has 9 heteroatoms. The second kappa shape index (κ2) is 12.2. The van der Waals surface area contributed by atoms with Gasteiger partial charge in [-0.05, 0) is 97.0 Å². The standard InChI is InChI=1S/C31H30F8O/c1-2-3-19-4-6-21(7-5-19)23-17-27(32)25(28(33)18-23)14-15-30(35,36)40-24-11-8-20(9-12-24)22-10-13-26(29(34)16-22)31(37,38)39/h8-13,16-19,21H,2-7,14-15H2,1H3. The monoisotopic (exact) mass is 570 g/mol. The minimum atomic E-state index is -4.84. The van der Waals surface area contributed by atoms with E-state index < -0.39 is 53.7 Å². The molecule has 1 nitrogen and oxygen atoms in total. The van der Waals surface area contributed by atoms with Gasteiger partial charge in [0.15, 0.2) is 0 Å². The van der Waals surface area contributed by atoms with Gasteiger partial charge >= 0.3 is 12.3 Å². The van der Waals surface area contributed by atoms with Crippen LogP contribution in [0.15, 0.2) is 54.6 Å². The van der Waals surface area contributed by atoms with E-state index in [-0.39, 0.29) is 22.8 Å². The molecule has 1 aliphatic rings. The Bertz CT molecular complexity index is 1270. The zero-order valence-corrected chi connectivity index (χ0v) is 21.9. The molecular formula is C31H30F8O. The minimum absolute atomic E-state index is 0.0537. The van der Waals surface area contributed by atoms with Gasteiger partial charge in [0, 0.05) is 5.56 Å². The third-order valence-corrected chi connectivity index (χ3v) is 7.57. The Morgan fingerprint density at radius 2 is 1.35 bits per heavy atom. The summed E-state index contributed by atoms with van der Waals surface area (Å²) in [6.07, 6.45) is -4.19. The van der Waals surface area contributed by atoms with E-state index in [1.165, 1.54) is 24.3 Å². The van der Waals surface area contributed by atoms with Crippen molar-refractivity contribution in [2.45, 2.75) is 76.5 Å². The minimum Gasteiger partial charge on any atom is -0.433 e. The van der Waals surface area contributed by atoms with Gasteiger partial charge in [-0.15, -0.1) is 0 Å². The number of benzene rings is 3. The summed E-state index contributed by atoms with van der Waals surface area (Å²) in [5.41, 5.74) is -0.873. The van der Waals surface area contributed by atoms with Crippen molar-refractivity contribution in [1.82, 2.24) is 0 Å². The van der Waals surface area contributed by atoms with E-state index in [0.29, 0.717) is 23.6 Å². The molecule has 4 rings (SSSR count). The summed E-state index contributed by atoms with van der Waals surface area (Å²) in [4.78, 5) is 0. The summed E-state index contributed by atoms with van der Waals surface area (Å²) >= 11 is 0. The molecule has 1 aliphatic carbocycles. The van der Waals surface area contributed by atoms with Crippen molar-refractivity contribution in [2.24, 2.45) is 5.92 Å². The zero-order valence-electron chi connectivity index (χ0n) is 21.9. The summed E-state index contributed by atoms with van der Waals surface area (Å²) in [5, 5.41) is 0. The number of halogens is 8. The maximum Gasteiger partial charge on any atom is 0.419 e. The predicted molar refractivity (Wildman–Crippen MR) is 137 cm³/mol. The van der Waals surface area contributed by atoms with Crippen LogP contribution in [0.25, 0.3) is 11.1 Å². The molecule has 0 aromatic heterocycles. The van der Waals surface area contributed by atoms with Gasteiger partial charge < -0.3 is 4.74 Å². The van der Waals surface area contributed by atoms with Crippen molar-refractivity contribution in [3.63, 3.8) is 0 Å². The number of hydrogen-bond donors (Lipinski definition) is 0. The lowest BCUT2D eigenvalue weighted by Crippen LogP contribution is -2.25. The second-order valence-corrected chi connectivity index (χ2v) is 10.4. The molecule has 3 aromatic carbocycles. The molecule has 0 unspecified atom stereocenters. The first-order chi connectivity index (χ1) is 18.9. The number of hydrogen-bond acceptors (Lipinski definition) is 1. The quantitative estimate of drug-likeness (QED) is 0.233. The third-order valence-electron chi connectivity index (χ3n) is 7.57. The van der Waals surface area contributed by atoms with Crippen molar-refractivity contribution in [1.29, 1.82) is 0 Å². The molecule has 1 fully saturated rings. The second-order valence-electron chi connectivity index (χ2n) is 10.4. The zero-order chi connectivity index (χ0) is 29.1. The van der Waals surface area contributed by atoms with E-state index >= 15 is 0 Å². The lowest BCUT2D eigenvalue weighted by molar-refractivity contribution is -0.180. The third kappa shape index (κ3) is 7.34. The van der Waals surface area contributed by atoms with Crippen LogP contribution in [-0.4, -0.2) is 6.11 Å². The largest absolute Gasteiger partial charge is 0.433 e. The van der Waals surface area contributed by atoms with Crippen LogP contribution >= 0.6 is 0 Å². The van der Waals surface area contributed by atoms with Crippen molar-refractivity contribution >= 4 is 0 Å². The first kappa shape index (κ1) is 29.9. The molecule has 0 atom stereocenters. The van der Waals surface area contributed by atoms with Gasteiger partial charge in [0.1, 0.15) is 23.2 Å². The van der Waals surface area contributed by atoms with Gasteiger partial charge in [0.2, 0.25) is 0 Å². The maximum absolute atomic E-state index is 14.8. The van der Waals surface area contributed by atoms with Crippen molar-refractivity contribution < 1.29 is 39.9 Å². The van der Waals surface area contributed by atoms with E-state index in [2.05, 4.69) is 6.92 Å². The fourth-order valence-corrected chi connectivity index (χ4v) is 5.42. The molecule has 0 heterocycles. The lowest BCUT2D eigenvalue weighted by Gasteiger charge is -2.29. The molecule has 0 aliphatic heterocycles. The maximum atomic E-state index is 14.8. The van der Waals surface area contributed by atoms with E-state index in [4.69, 9.17) is 4.74 Å². The summed E-state index contributed by atoms with van der Waals surface area (Å²) in [6, 6.07) is 9.79. The molecule has 1 saturated carbocycles. The molecular weight excluding hydrogens is 540 g/mol. The van der Waals surface area contributed by atoms with Crippen LogP contribution in [0.1, 0.15) is 74.5 Å². The van der Waals surface area contributed by atoms with Gasteiger partial charge in [-0.3, -0.25) is 0 Å². The van der Waals surface area contributed by atoms with Crippen LogP contribution in [0.3, 0.4) is 0 Å². The van der Waals surface area contributed by atoms with E-state index in [9.17, 15) is 35.1 Å². The van der Waals surface area contributed by atoms with Crippen LogP contribution in [0.2, 0.25) is 0 Å². The van der Waals surface area contributed by atoms with Gasteiger partial charge in [-0.25, -0.2) is 13.2 Å². The summed E-state index contributed by atoms with van der Waals surface area (Å²) < 4.78 is 116. The van der Waals surface area contributed by atoms with Gasteiger partial charge in [0.05, 0.1) is 12.0 Å². The van der Waals surface area contributed by atoms with Gasteiger partial charge in [-0.1, -0.05) is 38.0 Å². The molecule has 0 amide bonds. The fraction of sp³-hybridized carbons (Fsp3) is 0.419. The Hall–Kier alpha value is -3.10. The molecule has 0 radical (unpaired) electrons. The number of rotatable bonds is 9. The van der Waals surface area contributed by atoms with E-state index in [0.717, 1.165) is 56.7 Å². The Morgan fingerprint density at radius 3 is 1.90 bits per heavy atom. The Kier molecular flexibility index (Phi) is 9.10. The van der Waals surface area contributed by atoms with E-state index in [1.807, 2.05) is 0 Å². The highest BCUT2D eigenvalue weighted by Gasteiger charge is 2.34. The molecule has 0 bridgehead atoms. The highest BCUT2D eigenvalue weighted by Crippen LogP contribution is 2.39. The Labute approximate surface area is 228 Å². The predicted octanol–water partition coefficient (Wildman–Crippen LogP) is 10.5. The van der Waals surface area contributed by atoms with Crippen LogP contribution in [0.4, 0.5) is 35.1 Å². The van der Waals surface area contributed by atoms with Crippen molar-refractivity contribution in [2.75, 3.05) is 0 Å². The van der Waals surface area contributed by atoms with Crippen LogP contribution in [-0.2, 0) is 12.6 Å². The van der Waals surface area contributed by atoms with E-state index in [1.54, 1.807) is 0 Å². The molecule has 0 N–H and O–H groups in total. The lowest BCUT2D eigenvalue weighted by atomic mass is 9.77. The topological polar surface area (TPSA) is 9.23 Å². The highest BCUT2D eigenvalue weighted by molar-refractivity contribution is 5.64. The fourth-order valence-electron chi connectivity index (χ4n) is 5.42. The molecule has 40 heavy (non-hydrogen) atoms. The molecule has 216 valence electrons. The first-order valence-corrected chi connectivity index (χ1v) is 13.4. The molecule has 0 spiro atoms. The number of alkyl halides is 5. The van der Waals surface area contributed by atoms with Crippen molar-refractivity contribution in [3.8, 4) is 16.9 Å². The average molecular weight is 571 g/mol. The molecule has 0 saturated heterocycles. The van der Waals surface area contributed by atoms with Crippen molar-refractivity contribution in [3.05, 3.63) is 88.7 Å². The average Bonchev–Trinajstić information content (AvgIpc) is 2.88. The summed E-state index contributed by atoms with van der Waals surface area (Å²) in [7, 11) is 0. The number of ether oxygens (including phenoxy) is 1. The normalized spacial score (nSPS) is 18.1. The van der Waals surface area contributed by atoms with Crippen LogP contribution in [0, 0.1) is 23.4 Å². The van der Waals surface area contributed by atoms with Crippen LogP contribution < -0.4 is 4.74 Å². The van der Waals surface area contributed by atoms with Crippen LogP contribution in [0.5, 0.6) is 5.75 Å². The Morgan fingerprint density at radius 1 is 0.750 bits per heavy atom. The van der Waals surface area contributed by atoms with Gasteiger partial charge in [-0.2, -0.15) is 22.0 Å². The summed E-state index contributed by atoms with van der Waals surface area (Å²) in [5.74, 6) is -2.73.